The first-order valence-electron chi connectivity index (χ1n) is 12.6. The molecule has 1 aliphatic carbocycles. The number of carbonyl (C=O) groups excluding carboxylic acids is 2. The second-order valence-electron chi connectivity index (χ2n) is 9.40. The minimum atomic E-state index is -0.232. The van der Waals surface area contributed by atoms with Crippen molar-refractivity contribution in [2.45, 2.75) is 45.1 Å². The summed E-state index contributed by atoms with van der Waals surface area (Å²) in [5.41, 5.74) is 2.48. The first kappa shape index (κ1) is 23.8. The molecule has 0 spiro atoms. The molecule has 1 saturated heterocycles. The van der Waals surface area contributed by atoms with Crippen molar-refractivity contribution in [2.24, 2.45) is 0 Å². The van der Waals surface area contributed by atoms with Crippen molar-refractivity contribution in [3.8, 4) is 0 Å². The molecule has 1 saturated carbocycles. The Hall–Kier alpha value is -3.95. The molecule has 0 unspecified atom stereocenters. The highest BCUT2D eigenvalue weighted by molar-refractivity contribution is 5.90. The summed E-state index contributed by atoms with van der Waals surface area (Å²) in [6, 6.07) is 11.7. The zero-order valence-corrected chi connectivity index (χ0v) is 20.5. The summed E-state index contributed by atoms with van der Waals surface area (Å²) in [5, 5.41) is 9.89. The van der Waals surface area contributed by atoms with Gasteiger partial charge in [0.1, 0.15) is 5.82 Å². The van der Waals surface area contributed by atoms with Gasteiger partial charge in [0.05, 0.1) is 0 Å². The monoisotopic (exact) mass is 488 g/mol. The summed E-state index contributed by atoms with van der Waals surface area (Å²) < 4.78 is 0. The van der Waals surface area contributed by atoms with Crippen LogP contribution in [0.3, 0.4) is 0 Å². The molecule has 10 heteroatoms. The third-order valence-electron chi connectivity index (χ3n) is 6.84. The molecule has 1 aliphatic heterocycles. The van der Waals surface area contributed by atoms with E-state index in [1.807, 2.05) is 23.1 Å². The van der Waals surface area contributed by atoms with E-state index in [9.17, 15) is 9.59 Å². The number of anilines is 4. The Morgan fingerprint density at radius 3 is 2.39 bits per heavy atom. The lowest BCUT2D eigenvalue weighted by atomic mass is 9.96. The second kappa shape index (κ2) is 10.8. The van der Waals surface area contributed by atoms with Gasteiger partial charge in [-0.1, -0.05) is 19.3 Å². The average Bonchev–Trinajstić information content (AvgIpc) is 2.89. The van der Waals surface area contributed by atoms with E-state index in [1.165, 1.54) is 6.42 Å². The van der Waals surface area contributed by atoms with Gasteiger partial charge in [0, 0.05) is 62.1 Å². The normalized spacial score (nSPS) is 16.6. The van der Waals surface area contributed by atoms with E-state index in [2.05, 4.69) is 47.9 Å². The molecule has 3 heterocycles. The van der Waals surface area contributed by atoms with Crippen molar-refractivity contribution in [1.82, 2.24) is 25.2 Å². The van der Waals surface area contributed by atoms with Crippen molar-refractivity contribution in [2.75, 3.05) is 41.7 Å². The van der Waals surface area contributed by atoms with Crippen LogP contribution in [-0.2, 0) is 4.79 Å². The number of urea groups is 1. The van der Waals surface area contributed by atoms with E-state index in [0.29, 0.717) is 17.4 Å². The van der Waals surface area contributed by atoms with Crippen LogP contribution in [0.25, 0.3) is 11.0 Å². The topological polar surface area (TPSA) is 115 Å². The predicted octanol–water partition coefficient (Wildman–Crippen LogP) is 3.89. The van der Waals surface area contributed by atoms with Crippen molar-refractivity contribution in [1.29, 1.82) is 0 Å². The van der Waals surface area contributed by atoms with Gasteiger partial charge in [0.25, 0.3) is 0 Å². The number of nitrogens with zero attached hydrogens (tertiary/aromatic N) is 5. The van der Waals surface area contributed by atoms with Crippen LogP contribution in [-0.4, -0.2) is 64.0 Å². The van der Waals surface area contributed by atoms with E-state index < -0.39 is 0 Å². The Kier molecular flexibility index (Phi) is 7.11. The van der Waals surface area contributed by atoms with Crippen molar-refractivity contribution < 1.29 is 9.59 Å². The number of amides is 3. The summed E-state index contributed by atoms with van der Waals surface area (Å²) in [6.07, 6.45) is 7.33. The molecule has 2 aliphatic rings. The number of pyridine rings is 1. The maximum atomic E-state index is 12.4. The summed E-state index contributed by atoms with van der Waals surface area (Å²) >= 11 is 0. The molecule has 3 amide bonds. The summed E-state index contributed by atoms with van der Waals surface area (Å²) in [4.78, 5) is 41.5. The number of fused-ring (bicyclic) bond motifs is 1. The smallest absolute Gasteiger partial charge is 0.320 e. The van der Waals surface area contributed by atoms with Gasteiger partial charge in [-0.05, 0) is 49.2 Å². The van der Waals surface area contributed by atoms with Crippen molar-refractivity contribution >= 4 is 46.1 Å². The van der Waals surface area contributed by atoms with Gasteiger partial charge in [-0.3, -0.25) is 10.1 Å². The maximum Gasteiger partial charge on any atom is 0.320 e. The number of hydrogen-bond acceptors (Lipinski definition) is 7. The molecule has 0 atom stereocenters. The predicted molar refractivity (Wildman–Crippen MR) is 141 cm³/mol. The van der Waals surface area contributed by atoms with Crippen LogP contribution in [0, 0.1) is 0 Å². The zero-order valence-electron chi connectivity index (χ0n) is 20.5. The van der Waals surface area contributed by atoms with Gasteiger partial charge in [0.2, 0.25) is 11.9 Å². The minimum Gasteiger partial charge on any atom is -0.368 e. The van der Waals surface area contributed by atoms with Gasteiger partial charge >= 0.3 is 6.03 Å². The molecular formula is C26H32N8O2. The number of hydrogen-bond donors (Lipinski definition) is 3. The fourth-order valence-electron chi connectivity index (χ4n) is 4.79. The number of nitrogens with one attached hydrogen (secondary N) is 3. The average molecular weight is 489 g/mol. The van der Waals surface area contributed by atoms with E-state index in [-0.39, 0.29) is 18.0 Å². The van der Waals surface area contributed by atoms with Crippen molar-refractivity contribution in [3.05, 3.63) is 42.6 Å². The maximum absolute atomic E-state index is 12.4. The molecule has 3 aromatic rings. The molecule has 3 N–H and O–H groups in total. The van der Waals surface area contributed by atoms with Gasteiger partial charge in [0.15, 0.2) is 5.65 Å². The first-order valence-corrected chi connectivity index (χ1v) is 12.6. The van der Waals surface area contributed by atoms with Crippen LogP contribution in [0.2, 0.25) is 0 Å². The molecule has 36 heavy (non-hydrogen) atoms. The SMILES string of the molecule is CC(=O)N1CCN(c2ccc(Nc3ncc4ccc(NC(=O)NC5CCCCC5)nc4n3)cc2)CC1. The van der Waals surface area contributed by atoms with E-state index >= 15 is 0 Å². The van der Waals surface area contributed by atoms with Crippen molar-refractivity contribution in [3.63, 3.8) is 0 Å². The molecule has 188 valence electrons. The largest absolute Gasteiger partial charge is 0.368 e. The molecule has 5 rings (SSSR count). The number of rotatable bonds is 5. The number of carbonyl (C=O) groups is 2. The van der Waals surface area contributed by atoms with Crippen LogP contribution < -0.4 is 20.9 Å². The van der Waals surface area contributed by atoms with Gasteiger partial charge in [-0.25, -0.2) is 14.8 Å². The lowest BCUT2D eigenvalue weighted by molar-refractivity contribution is -0.129. The van der Waals surface area contributed by atoms with Crippen LogP contribution in [0.1, 0.15) is 39.0 Å². The standard InChI is InChI=1S/C26H32N8O2/c1-18(35)33-13-15-34(16-14-33)22-10-8-21(9-11-22)28-25-27-17-19-7-12-23(30-24(19)32-25)31-26(36)29-20-5-3-2-4-6-20/h7-12,17,20H,2-6,13-16H2,1H3,(H3,27,28,29,30,31,32,36). The minimum absolute atomic E-state index is 0.129. The summed E-state index contributed by atoms with van der Waals surface area (Å²) in [5.74, 6) is 1.01. The number of aromatic nitrogens is 3. The third-order valence-corrected chi connectivity index (χ3v) is 6.84. The Labute approximate surface area is 210 Å². The zero-order chi connectivity index (χ0) is 24.9. The molecule has 10 nitrogen and oxygen atoms in total. The number of piperazine rings is 1. The Bertz CT molecular complexity index is 1220. The third kappa shape index (κ3) is 5.81. The van der Waals surface area contributed by atoms with Crippen LogP contribution >= 0.6 is 0 Å². The lowest BCUT2D eigenvalue weighted by Gasteiger charge is -2.35. The Morgan fingerprint density at radius 2 is 1.67 bits per heavy atom. The van der Waals surface area contributed by atoms with Gasteiger partial charge < -0.3 is 20.4 Å². The highest BCUT2D eigenvalue weighted by Crippen LogP contribution is 2.22. The molecular weight excluding hydrogens is 456 g/mol. The number of benzene rings is 1. The fraction of sp³-hybridized carbons (Fsp3) is 0.423. The lowest BCUT2D eigenvalue weighted by Crippen LogP contribution is -2.48. The molecule has 0 bridgehead atoms. The summed E-state index contributed by atoms with van der Waals surface area (Å²) in [6.45, 7) is 4.74. The molecule has 2 fully saturated rings. The fourth-order valence-corrected chi connectivity index (χ4v) is 4.79. The molecule has 2 aromatic heterocycles. The molecule has 0 radical (unpaired) electrons. The van der Waals surface area contributed by atoms with Crippen LogP contribution in [0.15, 0.2) is 42.6 Å². The Balaban J connectivity index is 1.21. The quantitative estimate of drug-likeness (QED) is 0.499. The highest BCUT2D eigenvalue weighted by atomic mass is 16.2. The van der Waals surface area contributed by atoms with Gasteiger partial charge in [-0.15, -0.1) is 0 Å². The van der Waals surface area contributed by atoms with Crippen LogP contribution in [0.4, 0.5) is 27.9 Å². The van der Waals surface area contributed by atoms with E-state index in [0.717, 1.165) is 68.6 Å². The summed E-state index contributed by atoms with van der Waals surface area (Å²) in [7, 11) is 0. The molecule has 1 aromatic carbocycles. The Morgan fingerprint density at radius 1 is 0.917 bits per heavy atom. The van der Waals surface area contributed by atoms with E-state index in [1.54, 1.807) is 19.2 Å². The van der Waals surface area contributed by atoms with E-state index in [4.69, 9.17) is 0 Å². The first-order chi connectivity index (χ1) is 17.5. The highest BCUT2D eigenvalue weighted by Gasteiger charge is 2.19. The van der Waals surface area contributed by atoms with Gasteiger partial charge in [-0.2, -0.15) is 4.98 Å². The second-order valence-corrected chi connectivity index (χ2v) is 9.40. The van der Waals surface area contributed by atoms with Crippen LogP contribution in [0.5, 0.6) is 0 Å².